The molecule has 2 nitrogen and oxygen atoms in total. The summed E-state index contributed by atoms with van der Waals surface area (Å²) in [6.45, 7) is 5.47. The monoisotopic (exact) mass is 212 g/mol. The van der Waals surface area contributed by atoms with E-state index in [1.165, 1.54) is 22.7 Å². The number of nitrogens with zero attached hydrogens (tertiary/aromatic N) is 1. The maximum atomic E-state index is 3.17. The summed E-state index contributed by atoms with van der Waals surface area (Å²) in [5.74, 6) is 0. The standard InChI is InChI=1S/C11H20N2S/c1-4-7-13(3)9-11-6-5-10(14-11)8-12-2/h5-6,12H,4,7-9H2,1-3H3. The van der Waals surface area contributed by atoms with Crippen molar-refractivity contribution < 1.29 is 0 Å². The van der Waals surface area contributed by atoms with Gasteiger partial charge in [0.15, 0.2) is 0 Å². The quantitative estimate of drug-likeness (QED) is 0.778. The van der Waals surface area contributed by atoms with Gasteiger partial charge in [0.25, 0.3) is 0 Å². The third-order valence-electron chi connectivity index (χ3n) is 2.10. The first-order chi connectivity index (χ1) is 6.76. The van der Waals surface area contributed by atoms with Crippen LogP contribution >= 0.6 is 11.3 Å². The van der Waals surface area contributed by atoms with Gasteiger partial charge in [-0.1, -0.05) is 6.92 Å². The lowest BCUT2D eigenvalue weighted by atomic mass is 10.4. The topological polar surface area (TPSA) is 15.3 Å². The number of thiophene rings is 1. The molecule has 0 unspecified atom stereocenters. The lowest BCUT2D eigenvalue weighted by Gasteiger charge is -2.13. The van der Waals surface area contributed by atoms with Gasteiger partial charge in [0.2, 0.25) is 0 Å². The first kappa shape index (κ1) is 11.7. The number of nitrogens with one attached hydrogen (secondary N) is 1. The minimum absolute atomic E-state index is 0.988. The van der Waals surface area contributed by atoms with Gasteiger partial charge in [-0.05, 0) is 39.2 Å². The summed E-state index contributed by atoms with van der Waals surface area (Å²) in [6.07, 6.45) is 1.23. The molecule has 0 fully saturated rings. The van der Waals surface area contributed by atoms with Crippen molar-refractivity contribution >= 4 is 11.3 Å². The van der Waals surface area contributed by atoms with Crippen LogP contribution in [0.3, 0.4) is 0 Å². The Kier molecular flexibility index (Phi) is 5.15. The Morgan fingerprint density at radius 1 is 1.36 bits per heavy atom. The summed E-state index contributed by atoms with van der Waals surface area (Å²) in [4.78, 5) is 5.26. The maximum absolute atomic E-state index is 3.17. The Morgan fingerprint density at radius 2 is 2.07 bits per heavy atom. The second kappa shape index (κ2) is 6.17. The number of hydrogen-bond acceptors (Lipinski definition) is 3. The molecule has 0 aliphatic rings. The van der Waals surface area contributed by atoms with E-state index in [1.807, 2.05) is 18.4 Å². The highest BCUT2D eigenvalue weighted by Gasteiger charge is 2.02. The molecule has 14 heavy (non-hydrogen) atoms. The summed E-state index contributed by atoms with van der Waals surface area (Å²) < 4.78 is 0. The van der Waals surface area contributed by atoms with E-state index in [0.29, 0.717) is 0 Å². The van der Waals surface area contributed by atoms with Gasteiger partial charge in [-0.2, -0.15) is 0 Å². The van der Waals surface area contributed by atoms with Crippen molar-refractivity contribution in [2.45, 2.75) is 26.4 Å². The van der Waals surface area contributed by atoms with Gasteiger partial charge < -0.3 is 10.2 Å². The Hall–Kier alpha value is -0.380. The smallest absolute Gasteiger partial charge is 0.0324 e. The fourth-order valence-electron chi connectivity index (χ4n) is 1.50. The van der Waals surface area contributed by atoms with Crippen LogP contribution in [-0.4, -0.2) is 25.5 Å². The van der Waals surface area contributed by atoms with Crippen molar-refractivity contribution in [3.8, 4) is 0 Å². The minimum atomic E-state index is 0.988. The van der Waals surface area contributed by atoms with Gasteiger partial charge in [-0.25, -0.2) is 0 Å². The molecule has 80 valence electrons. The van der Waals surface area contributed by atoms with E-state index in [4.69, 9.17) is 0 Å². The summed E-state index contributed by atoms with van der Waals surface area (Å²) in [5.41, 5.74) is 0. The Morgan fingerprint density at radius 3 is 2.71 bits per heavy atom. The van der Waals surface area contributed by atoms with Crippen LogP contribution in [0.2, 0.25) is 0 Å². The summed E-state index contributed by atoms with van der Waals surface area (Å²) in [5, 5.41) is 3.17. The van der Waals surface area contributed by atoms with E-state index in [-0.39, 0.29) is 0 Å². The molecular weight excluding hydrogens is 192 g/mol. The molecule has 1 N–H and O–H groups in total. The molecular formula is C11H20N2S. The molecule has 0 radical (unpaired) electrons. The van der Waals surface area contributed by atoms with Crippen molar-refractivity contribution in [2.24, 2.45) is 0 Å². The molecule has 0 spiro atoms. The van der Waals surface area contributed by atoms with Crippen molar-refractivity contribution in [1.82, 2.24) is 10.2 Å². The van der Waals surface area contributed by atoms with Gasteiger partial charge in [0.05, 0.1) is 0 Å². The van der Waals surface area contributed by atoms with Crippen LogP contribution in [0.1, 0.15) is 23.1 Å². The maximum Gasteiger partial charge on any atom is 0.0324 e. The largest absolute Gasteiger partial charge is 0.315 e. The normalized spacial score (nSPS) is 11.1. The van der Waals surface area contributed by atoms with Gasteiger partial charge in [0, 0.05) is 22.8 Å². The van der Waals surface area contributed by atoms with E-state index in [1.54, 1.807) is 0 Å². The van der Waals surface area contributed by atoms with Crippen molar-refractivity contribution in [2.75, 3.05) is 20.6 Å². The predicted octanol–water partition coefficient (Wildman–Crippen LogP) is 2.31. The average molecular weight is 212 g/mol. The van der Waals surface area contributed by atoms with E-state index in [2.05, 4.69) is 36.3 Å². The van der Waals surface area contributed by atoms with Gasteiger partial charge in [-0.15, -0.1) is 11.3 Å². The zero-order chi connectivity index (χ0) is 10.4. The summed E-state index contributed by atoms with van der Waals surface area (Å²) in [7, 11) is 4.17. The molecule has 0 bridgehead atoms. The fraction of sp³-hybridized carbons (Fsp3) is 0.636. The van der Waals surface area contributed by atoms with Gasteiger partial charge in [0.1, 0.15) is 0 Å². The van der Waals surface area contributed by atoms with E-state index < -0.39 is 0 Å². The molecule has 1 aromatic heterocycles. The van der Waals surface area contributed by atoms with Gasteiger partial charge >= 0.3 is 0 Å². The Labute approximate surface area is 90.9 Å². The molecule has 0 aliphatic carbocycles. The van der Waals surface area contributed by atoms with Crippen molar-refractivity contribution in [3.05, 3.63) is 21.9 Å². The first-order valence-electron chi connectivity index (χ1n) is 5.17. The molecule has 0 aliphatic heterocycles. The van der Waals surface area contributed by atoms with Crippen LogP contribution in [0.5, 0.6) is 0 Å². The average Bonchev–Trinajstić information content (AvgIpc) is 2.53. The summed E-state index contributed by atoms with van der Waals surface area (Å²) in [6, 6.07) is 4.46. The van der Waals surface area contributed by atoms with Crippen LogP contribution in [0.25, 0.3) is 0 Å². The Balaban J connectivity index is 2.42. The van der Waals surface area contributed by atoms with Crippen molar-refractivity contribution in [3.63, 3.8) is 0 Å². The van der Waals surface area contributed by atoms with E-state index >= 15 is 0 Å². The summed E-state index contributed by atoms with van der Waals surface area (Å²) >= 11 is 1.91. The fourth-order valence-corrected chi connectivity index (χ4v) is 2.61. The molecule has 3 heteroatoms. The molecule has 1 rings (SSSR count). The first-order valence-corrected chi connectivity index (χ1v) is 5.98. The lowest BCUT2D eigenvalue weighted by molar-refractivity contribution is 0.330. The Bertz CT molecular complexity index is 258. The molecule has 1 aromatic rings. The van der Waals surface area contributed by atoms with Crippen LogP contribution < -0.4 is 5.32 Å². The highest BCUT2D eigenvalue weighted by molar-refractivity contribution is 7.11. The highest BCUT2D eigenvalue weighted by Crippen LogP contribution is 2.17. The van der Waals surface area contributed by atoms with Crippen LogP contribution in [-0.2, 0) is 13.1 Å². The number of hydrogen-bond donors (Lipinski definition) is 1. The van der Waals surface area contributed by atoms with Crippen LogP contribution in [0.15, 0.2) is 12.1 Å². The molecule has 0 amide bonds. The van der Waals surface area contributed by atoms with Gasteiger partial charge in [-0.3, -0.25) is 0 Å². The molecule has 0 saturated heterocycles. The number of rotatable bonds is 6. The van der Waals surface area contributed by atoms with Crippen LogP contribution in [0, 0.1) is 0 Å². The zero-order valence-electron chi connectivity index (χ0n) is 9.34. The predicted molar refractivity (Wildman–Crippen MR) is 63.7 cm³/mol. The minimum Gasteiger partial charge on any atom is -0.315 e. The SMILES string of the molecule is CCCN(C)Cc1ccc(CNC)s1. The molecule has 0 aromatic carbocycles. The molecule has 0 saturated carbocycles. The second-order valence-corrected chi connectivity index (χ2v) is 4.89. The zero-order valence-corrected chi connectivity index (χ0v) is 10.2. The van der Waals surface area contributed by atoms with E-state index in [0.717, 1.165) is 13.1 Å². The lowest BCUT2D eigenvalue weighted by Crippen LogP contribution is -2.17. The van der Waals surface area contributed by atoms with E-state index in [9.17, 15) is 0 Å². The molecule has 0 atom stereocenters. The van der Waals surface area contributed by atoms with Crippen molar-refractivity contribution in [1.29, 1.82) is 0 Å². The third kappa shape index (κ3) is 3.78. The highest BCUT2D eigenvalue weighted by atomic mass is 32.1. The third-order valence-corrected chi connectivity index (χ3v) is 3.17. The van der Waals surface area contributed by atoms with Crippen LogP contribution in [0.4, 0.5) is 0 Å². The molecule has 1 heterocycles. The second-order valence-electron chi connectivity index (χ2n) is 3.64.